The molecule has 0 amide bonds. The first kappa shape index (κ1) is 20.1. The van der Waals surface area contributed by atoms with Gasteiger partial charge in [-0.1, -0.05) is 20.8 Å². The minimum atomic E-state index is -0.438. The van der Waals surface area contributed by atoms with E-state index in [9.17, 15) is 14.4 Å². The Morgan fingerprint density at radius 3 is 2.32 bits per heavy atom. The molecule has 4 saturated carbocycles. The Morgan fingerprint density at radius 2 is 1.68 bits per heavy atom. The van der Waals surface area contributed by atoms with Gasteiger partial charge in [0, 0.05) is 24.7 Å². The molecule has 28 heavy (non-hydrogen) atoms. The lowest BCUT2D eigenvalue weighted by molar-refractivity contribution is -0.185. The summed E-state index contributed by atoms with van der Waals surface area (Å²) in [6.07, 6.45) is 7.67. The highest BCUT2D eigenvalue weighted by molar-refractivity contribution is 5.93. The van der Waals surface area contributed by atoms with E-state index in [2.05, 4.69) is 20.8 Å². The molecule has 0 aromatic rings. The van der Waals surface area contributed by atoms with Crippen LogP contribution in [-0.4, -0.2) is 23.6 Å². The standard InChI is InChI=1S/C24H36O4/c1-14(25)18-6-7-19-17-9-10-22(3)13-16(28-15(2)26)8-11-23(22,4)20(17)12-21(27)24(18,19)5/h16-20H,6-13H2,1-5H3/t16-,17+,18-,19+,20+,22-,23-,24-/m1/s1. The zero-order valence-corrected chi connectivity index (χ0v) is 18.2. The van der Waals surface area contributed by atoms with Crippen molar-refractivity contribution in [3.05, 3.63) is 0 Å². The highest BCUT2D eigenvalue weighted by Crippen LogP contribution is 2.70. The van der Waals surface area contributed by atoms with Gasteiger partial charge in [0.05, 0.1) is 0 Å². The number of hydrogen-bond donors (Lipinski definition) is 0. The molecular formula is C24H36O4. The van der Waals surface area contributed by atoms with Gasteiger partial charge in [0.1, 0.15) is 17.7 Å². The average Bonchev–Trinajstić information content (AvgIpc) is 2.95. The second-order valence-electron chi connectivity index (χ2n) is 11.0. The fourth-order valence-electron chi connectivity index (χ4n) is 8.28. The maximum Gasteiger partial charge on any atom is 0.302 e. The summed E-state index contributed by atoms with van der Waals surface area (Å²) in [5.74, 6) is 1.59. The zero-order valence-electron chi connectivity index (χ0n) is 18.2. The fraction of sp³-hybridized carbons (Fsp3) is 0.875. The van der Waals surface area contributed by atoms with Gasteiger partial charge >= 0.3 is 5.97 Å². The molecule has 0 aromatic heterocycles. The topological polar surface area (TPSA) is 60.4 Å². The Hall–Kier alpha value is -1.19. The first-order chi connectivity index (χ1) is 13.0. The van der Waals surface area contributed by atoms with Crippen LogP contribution in [0.1, 0.15) is 86.0 Å². The number of carbonyl (C=O) groups excluding carboxylic acids is 3. The second-order valence-corrected chi connectivity index (χ2v) is 11.0. The Kier molecular flexibility index (Phi) is 4.60. The number of esters is 1. The lowest BCUT2D eigenvalue weighted by Gasteiger charge is -2.64. The summed E-state index contributed by atoms with van der Waals surface area (Å²) >= 11 is 0. The Balaban J connectivity index is 1.64. The zero-order chi connectivity index (χ0) is 20.5. The van der Waals surface area contributed by atoms with Crippen molar-refractivity contribution < 1.29 is 19.1 Å². The normalized spacial score (nSPS) is 50.3. The summed E-state index contributed by atoms with van der Waals surface area (Å²) in [5.41, 5.74) is -0.219. The molecule has 4 aliphatic rings. The van der Waals surface area contributed by atoms with Crippen molar-refractivity contribution in [1.82, 2.24) is 0 Å². The molecule has 0 heterocycles. The summed E-state index contributed by atoms with van der Waals surface area (Å²) in [4.78, 5) is 37.2. The Bertz CT molecular complexity index is 713. The van der Waals surface area contributed by atoms with E-state index in [1.165, 1.54) is 6.92 Å². The van der Waals surface area contributed by atoms with Crippen LogP contribution < -0.4 is 0 Å². The molecule has 4 nitrogen and oxygen atoms in total. The van der Waals surface area contributed by atoms with E-state index in [4.69, 9.17) is 4.74 Å². The smallest absolute Gasteiger partial charge is 0.302 e. The molecular weight excluding hydrogens is 352 g/mol. The van der Waals surface area contributed by atoms with E-state index in [-0.39, 0.29) is 34.6 Å². The van der Waals surface area contributed by atoms with Gasteiger partial charge in [0.2, 0.25) is 0 Å². The molecule has 0 aromatic carbocycles. The second kappa shape index (κ2) is 6.40. The molecule has 0 unspecified atom stereocenters. The third kappa shape index (κ3) is 2.58. The summed E-state index contributed by atoms with van der Waals surface area (Å²) < 4.78 is 5.59. The minimum Gasteiger partial charge on any atom is -0.463 e. The molecule has 0 radical (unpaired) electrons. The molecule has 4 aliphatic carbocycles. The summed E-state index contributed by atoms with van der Waals surface area (Å²) in [6.45, 7) is 10.0. The summed E-state index contributed by atoms with van der Waals surface area (Å²) in [6, 6.07) is 0. The number of ketones is 2. The van der Waals surface area contributed by atoms with Crippen LogP contribution in [0.15, 0.2) is 0 Å². The molecule has 0 aliphatic heterocycles. The number of Topliss-reactive ketones (excluding diaryl/α,β-unsaturated/α-hetero) is 2. The van der Waals surface area contributed by atoms with Crippen LogP contribution in [-0.2, 0) is 19.1 Å². The van der Waals surface area contributed by atoms with Gasteiger partial charge in [0.25, 0.3) is 0 Å². The SMILES string of the molecule is CC(=O)O[C@@H]1CC[C@]2(C)[C@H]3CC(=O)[C@]4(C)[C@@H](C(C)=O)CC[C@H]4[C@@H]3CC[C@]2(C)C1. The number of fused-ring (bicyclic) bond motifs is 5. The molecule has 0 saturated heterocycles. The molecule has 0 bridgehead atoms. The van der Waals surface area contributed by atoms with Crippen molar-refractivity contribution >= 4 is 17.5 Å². The van der Waals surface area contributed by atoms with E-state index in [0.717, 1.165) is 44.9 Å². The van der Waals surface area contributed by atoms with Crippen LogP contribution in [0.25, 0.3) is 0 Å². The maximum atomic E-state index is 13.5. The molecule has 4 rings (SSSR count). The first-order valence-corrected chi connectivity index (χ1v) is 11.2. The van der Waals surface area contributed by atoms with Crippen molar-refractivity contribution in [3.63, 3.8) is 0 Å². The third-order valence-corrected chi connectivity index (χ3v) is 10.0. The highest BCUT2D eigenvalue weighted by atomic mass is 16.5. The van der Waals surface area contributed by atoms with Gasteiger partial charge in [0.15, 0.2) is 0 Å². The number of ether oxygens (including phenoxy) is 1. The molecule has 4 fully saturated rings. The van der Waals surface area contributed by atoms with Crippen molar-refractivity contribution in [2.75, 3.05) is 0 Å². The van der Waals surface area contributed by atoms with E-state index in [0.29, 0.717) is 30.0 Å². The lowest BCUT2D eigenvalue weighted by Crippen LogP contribution is -2.60. The number of rotatable bonds is 2. The van der Waals surface area contributed by atoms with Crippen LogP contribution >= 0.6 is 0 Å². The monoisotopic (exact) mass is 388 g/mol. The molecule has 0 spiro atoms. The van der Waals surface area contributed by atoms with Gasteiger partial charge in [-0.05, 0) is 80.5 Å². The van der Waals surface area contributed by atoms with E-state index in [1.54, 1.807) is 6.92 Å². The first-order valence-electron chi connectivity index (χ1n) is 11.2. The molecule has 0 N–H and O–H groups in total. The van der Waals surface area contributed by atoms with Crippen LogP contribution in [0.3, 0.4) is 0 Å². The van der Waals surface area contributed by atoms with Crippen LogP contribution in [0, 0.1) is 39.9 Å². The quantitative estimate of drug-likeness (QED) is 0.641. The average molecular weight is 389 g/mol. The number of carbonyl (C=O) groups is 3. The Morgan fingerprint density at radius 1 is 0.964 bits per heavy atom. The van der Waals surface area contributed by atoms with E-state index in [1.807, 2.05) is 0 Å². The van der Waals surface area contributed by atoms with Gasteiger partial charge in [-0.25, -0.2) is 0 Å². The minimum absolute atomic E-state index is 0.0188. The Labute approximate surface area is 169 Å². The van der Waals surface area contributed by atoms with Crippen molar-refractivity contribution in [1.29, 1.82) is 0 Å². The fourth-order valence-corrected chi connectivity index (χ4v) is 8.28. The lowest BCUT2D eigenvalue weighted by atomic mass is 9.40. The number of hydrogen-bond acceptors (Lipinski definition) is 4. The van der Waals surface area contributed by atoms with Crippen LogP contribution in [0.5, 0.6) is 0 Å². The van der Waals surface area contributed by atoms with E-state index >= 15 is 0 Å². The van der Waals surface area contributed by atoms with Gasteiger partial charge in [-0.3, -0.25) is 14.4 Å². The summed E-state index contributed by atoms with van der Waals surface area (Å²) in [7, 11) is 0. The highest BCUT2D eigenvalue weighted by Gasteiger charge is 2.66. The van der Waals surface area contributed by atoms with Crippen molar-refractivity contribution in [2.45, 2.75) is 92.1 Å². The van der Waals surface area contributed by atoms with Gasteiger partial charge in [-0.2, -0.15) is 0 Å². The molecule has 8 atom stereocenters. The molecule has 4 heteroatoms. The largest absolute Gasteiger partial charge is 0.463 e. The predicted molar refractivity (Wildman–Crippen MR) is 106 cm³/mol. The molecule has 156 valence electrons. The van der Waals surface area contributed by atoms with Crippen LogP contribution in [0.2, 0.25) is 0 Å². The van der Waals surface area contributed by atoms with Gasteiger partial charge < -0.3 is 4.74 Å². The summed E-state index contributed by atoms with van der Waals surface area (Å²) in [5, 5.41) is 0. The van der Waals surface area contributed by atoms with Crippen molar-refractivity contribution in [3.8, 4) is 0 Å². The van der Waals surface area contributed by atoms with Crippen LogP contribution in [0.4, 0.5) is 0 Å². The predicted octanol–water partition coefficient (Wildman–Crippen LogP) is 4.74. The third-order valence-electron chi connectivity index (χ3n) is 10.0. The van der Waals surface area contributed by atoms with E-state index < -0.39 is 5.41 Å². The van der Waals surface area contributed by atoms with Gasteiger partial charge in [-0.15, -0.1) is 0 Å². The van der Waals surface area contributed by atoms with Crippen molar-refractivity contribution in [2.24, 2.45) is 39.9 Å². The maximum absolute atomic E-state index is 13.5.